The number of rotatable bonds is 3. The molecule has 1 atom stereocenters. The predicted octanol–water partition coefficient (Wildman–Crippen LogP) is 3.21. The maximum absolute atomic E-state index is 6.35. The lowest BCUT2D eigenvalue weighted by molar-refractivity contribution is -0.0967. The molecule has 0 aliphatic carbocycles. The second kappa shape index (κ2) is 6.10. The molecule has 0 spiro atoms. The van der Waals surface area contributed by atoms with Gasteiger partial charge >= 0.3 is 0 Å². The average molecular weight is 348 g/mol. The molecule has 2 N–H and O–H groups in total. The second-order valence-corrected chi connectivity index (χ2v) is 6.82. The molecule has 0 bridgehead atoms. The fourth-order valence-corrected chi connectivity index (χ4v) is 3.36. The fourth-order valence-electron chi connectivity index (χ4n) is 2.56. The van der Waals surface area contributed by atoms with Crippen LogP contribution in [0.5, 0.6) is 0 Å². The zero-order chi connectivity index (χ0) is 14.0. The molecule has 1 aliphatic heterocycles. The Hall–Kier alpha value is -0.130. The molecule has 1 heterocycles. The number of hydrogen-bond donors (Lipinski definition) is 1. The quantitative estimate of drug-likeness (QED) is 0.912. The molecule has 0 radical (unpaired) electrons. The molecule has 1 saturated heterocycles. The number of ether oxygens (including phenoxy) is 1. The maximum Gasteiger partial charge on any atom is 0.0753 e. The van der Waals surface area contributed by atoms with Gasteiger partial charge in [-0.05, 0) is 31.5 Å². The van der Waals surface area contributed by atoms with E-state index in [-0.39, 0.29) is 11.6 Å². The van der Waals surface area contributed by atoms with Crippen molar-refractivity contribution in [1.29, 1.82) is 0 Å². The Bertz CT molecular complexity index is 453. The second-order valence-electron chi connectivity index (χ2n) is 5.50. The van der Waals surface area contributed by atoms with Crippen molar-refractivity contribution in [3.63, 3.8) is 0 Å². The van der Waals surface area contributed by atoms with Gasteiger partial charge in [0.15, 0.2) is 0 Å². The summed E-state index contributed by atoms with van der Waals surface area (Å²) in [7, 11) is 0. The minimum Gasteiger partial charge on any atom is -0.373 e. The van der Waals surface area contributed by atoms with Crippen LogP contribution in [-0.2, 0) is 4.74 Å². The molecular formula is C14H20BrClN2O. The molecule has 1 aliphatic rings. The van der Waals surface area contributed by atoms with E-state index in [1.54, 1.807) is 0 Å². The van der Waals surface area contributed by atoms with Gasteiger partial charge in [-0.3, -0.25) is 4.90 Å². The van der Waals surface area contributed by atoms with E-state index in [0.717, 1.165) is 34.8 Å². The molecule has 106 valence electrons. The average Bonchev–Trinajstić information content (AvgIpc) is 2.31. The van der Waals surface area contributed by atoms with Crippen LogP contribution >= 0.6 is 27.5 Å². The normalized spacial score (nSPS) is 21.3. The largest absolute Gasteiger partial charge is 0.373 e. The summed E-state index contributed by atoms with van der Waals surface area (Å²) in [6.07, 6.45) is 0. The highest BCUT2D eigenvalue weighted by Crippen LogP contribution is 2.32. The van der Waals surface area contributed by atoms with Gasteiger partial charge in [-0.1, -0.05) is 33.6 Å². The first-order valence-corrected chi connectivity index (χ1v) is 7.63. The summed E-state index contributed by atoms with van der Waals surface area (Å²) in [5, 5.41) is 0.758. The number of benzene rings is 1. The van der Waals surface area contributed by atoms with Gasteiger partial charge in [-0.2, -0.15) is 0 Å². The summed E-state index contributed by atoms with van der Waals surface area (Å²) in [4.78, 5) is 2.36. The van der Waals surface area contributed by atoms with Crippen LogP contribution in [0.15, 0.2) is 22.7 Å². The van der Waals surface area contributed by atoms with Gasteiger partial charge in [-0.25, -0.2) is 0 Å². The zero-order valence-corrected chi connectivity index (χ0v) is 13.7. The Kier molecular flexibility index (Phi) is 4.90. The van der Waals surface area contributed by atoms with E-state index >= 15 is 0 Å². The van der Waals surface area contributed by atoms with Crippen molar-refractivity contribution < 1.29 is 4.74 Å². The van der Waals surface area contributed by atoms with Crippen molar-refractivity contribution in [2.45, 2.75) is 25.5 Å². The molecule has 0 saturated carbocycles. The molecule has 19 heavy (non-hydrogen) atoms. The Labute approximate surface area is 128 Å². The van der Waals surface area contributed by atoms with Gasteiger partial charge in [0.05, 0.1) is 12.2 Å². The summed E-state index contributed by atoms with van der Waals surface area (Å²) >= 11 is 9.78. The molecule has 1 fully saturated rings. The predicted molar refractivity (Wildman–Crippen MR) is 82.6 cm³/mol. The lowest BCUT2D eigenvalue weighted by Crippen LogP contribution is -2.50. The zero-order valence-electron chi connectivity index (χ0n) is 11.3. The third-order valence-corrected chi connectivity index (χ3v) is 4.26. The van der Waals surface area contributed by atoms with E-state index in [1.165, 1.54) is 0 Å². The first kappa shape index (κ1) is 15.3. The number of halogens is 2. The highest BCUT2D eigenvalue weighted by Gasteiger charge is 2.32. The van der Waals surface area contributed by atoms with Crippen molar-refractivity contribution in [1.82, 2.24) is 4.90 Å². The SMILES string of the molecule is CC1(C)CN(C(CN)c2ccc(Br)cc2Cl)CCO1. The topological polar surface area (TPSA) is 38.5 Å². The van der Waals surface area contributed by atoms with Gasteiger partial charge in [0.2, 0.25) is 0 Å². The van der Waals surface area contributed by atoms with E-state index in [2.05, 4.69) is 34.7 Å². The summed E-state index contributed by atoms with van der Waals surface area (Å²) in [6.45, 7) is 7.25. The smallest absolute Gasteiger partial charge is 0.0753 e. The van der Waals surface area contributed by atoms with Crippen molar-refractivity contribution >= 4 is 27.5 Å². The molecule has 0 amide bonds. The van der Waals surface area contributed by atoms with E-state index in [1.807, 2.05) is 18.2 Å². The van der Waals surface area contributed by atoms with Crippen LogP contribution in [0, 0.1) is 0 Å². The van der Waals surface area contributed by atoms with Crippen LogP contribution in [0.25, 0.3) is 0 Å². The molecule has 0 aromatic heterocycles. The van der Waals surface area contributed by atoms with Gasteiger partial charge in [0.1, 0.15) is 0 Å². The first-order valence-electron chi connectivity index (χ1n) is 6.46. The van der Waals surface area contributed by atoms with Crippen LogP contribution < -0.4 is 5.73 Å². The van der Waals surface area contributed by atoms with Crippen LogP contribution in [0.2, 0.25) is 5.02 Å². The third-order valence-electron chi connectivity index (χ3n) is 3.44. The summed E-state index contributed by atoms with van der Waals surface area (Å²) in [6, 6.07) is 6.12. The van der Waals surface area contributed by atoms with Crippen molar-refractivity contribution in [3.8, 4) is 0 Å². The molecule has 2 rings (SSSR count). The number of hydrogen-bond acceptors (Lipinski definition) is 3. The Morgan fingerprint density at radius 1 is 1.53 bits per heavy atom. The minimum atomic E-state index is -0.131. The number of morpholine rings is 1. The van der Waals surface area contributed by atoms with Gasteiger partial charge in [0.25, 0.3) is 0 Å². The minimum absolute atomic E-state index is 0.131. The van der Waals surface area contributed by atoms with Crippen LogP contribution in [0.4, 0.5) is 0 Å². The van der Waals surface area contributed by atoms with Gasteiger partial charge < -0.3 is 10.5 Å². The highest BCUT2D eigenvalue weighted by atomic mass is 79.9. The summed E-state index contributed by atoms with van der Waals surface area (Å²) < 4.78 is 6.74. The standard InChI is InChI=1S/C14H20BrClN2O/c1-14(2)9-18(5-6-19-14)13(8-17)11-4-3-10(15)7-12(11)16/h3-4,7,13H,5-6,8-9,17H2,1-2H3. The first-order chi connectivity index (χ1) is 8.93. The van der Waals surface area contributed by atoms with E-state index in [9.17, 15) is 0 Å². The van der Waals surface area contributed by atoms with Crippen molar-refractivity contribution in [2.24, 2.45) is 5.73 Å². The fraction of sp³-hybridized carbons (Fsp3) is 0.571. The van der Waals surface area contributed by atoms with E-state index in [4.69, 9.17) is 22.1 Å². The molecule has 5 heteroatoms. The molecule has 1 aromatic carbocycles. The molecule has 3 nitrogen and oxygen atoms in total. The van der Waals surface area contributed by atoms with Crippen LogP contribution in [0.1, 0.15) is 25.5 Å². The van der Waals surface area contributed by atoms with Crippen molar-refractivity contribution in [3.05, 3.63) is 33.3 Å². The highest BCUT2D eigenvalue weighted by molar-refractivity contribution is 9.10. The van der Waals surface area contributed by atoms with Gasteiger partial charge in [0, 0.05) is 35.2 Å². The van der Waals surface area contributed by atoms with Crippen molar-refractivity contribution in [2.75, 3.05) is 26.2 Å². The van der Waals surface area contributed by atoms with Crippen LogP contribution in [-0.4, -0.2) is 36.7 Å². The molecule has 1 aromatic rings. The maximum atomic E-state index is 6.35. The number of nitrogens with two attached hydrogens (primary N) is 1. The molecule has 1 unspecified atom stereocenters. The Balaban J connectivity index is 2.24. The Morgan fingerprint density at radius 2 is 2.26 bits per heavy atom. The monoisotopic (exact) mass is 346 g/mol. The summed E-state index contributed by atoms with van der Waals surface area (Å²) in [5.74, 6) is 0. The lowest BCUT2D eigenvalue weighted by atomic mass is 10.0. The lowest BCUT2D eigenvalue weighted by Gasteiger charge is -2.42. The number of nitrogens with zero attached hydrogens (tertiary/aromatic N) is 1. The summed E-state index contributed by atoms with van der Waals surface area (Å²) in [5.41, 5.74) is 6.93. The Morgan fingerprint density at radius 3 is 2.84 bits per heavy atom. The van der Waals surface area contributed by atoms with Crippen LogP contribution in [0.3, 0.4) is 0 Å². The van der Waals surface area contributed by atoms with E-state index in [0.29, 0.717) is 6.54 Å². The van der Waals surface area contributed by atoms with E-state index < -0.39 is 0 Å². The molecular weight excluding hydrogens is 328 g/mol. The third kappa shape index (κ3) is 3.70. The van der Waals surface area contributed by atoms with Gasteiger partial charge in [-0.15, -0.1) is 0 Å².